The molecule has 24 heavy (non-hydrogen) atoms. The summed E-state index contributed by atoms with van der Waals surface area (Å²) in [5.41, 5.74) is 5.07. The van der Waals surface area contributed by atoms with E-state index < -0.39 is 0 Å². The number of benzene rings is 1. The molecule has 5 nitrogen and oxygen atoms in total. The van der Waals surface area contributed by atoms with Gasteiger partial charge in [0.05, 0.1) is 6.20 Å². The van der Waals surface area contributed by atoms with Crippen LogP contribution in [0.5, 0.6) is 0 Å². The van der Waals surface area contributed by atoms with Crippen molar-refractivity contribution < 1.29 is 0 Å². The van der Waals surface area contributed by atoms with Crippen LogP contribution in [-0.2, 0) is 0 Å². The fourth-order valence-electron chi connectivity index (χ4n) is 2.93. The molecule has 0 unspecified atom stereocenters. The summed E-state index contributed by atoms with van der Waals surface area (Å²) in [4.78, 5) is 4.51. The predicted molar refractivity (Wildman–Crippen MR) is 98.7 cm³/mol. The van der Waals surface area contributed by atoms with Crippen LogP contribution in [-0.4, -0.2) is 21.7 Å². The van der Waals surface area contributed by atoms with E-state index in [9.17, 15) is 0 Å². The highest BCUT2D eigenvalue weighted by Gasteiger charge is 2.06. The molecular weight excluding hydrogens is 298 g/mol. The minimum atomic E-state index is 0.571. The van der Waals surface area contributed by atoms with Gasteiger partial charge in [-0.05, 0) is 63.1 Å². The molecule has 1 aromatic heterocycles. The van der Waals surface area contributed by atoms with Gasteiger partial charge >= 0.3 is 0 Å². The van der Waals surface area contributed by atoms with Gasteiger partial charge in [-0.2, -0.15) is 10.1 Å². The zero-order chi connectivity index (χ0) is 16.8. The molecule has 0 aliphatic heterocycles. The Bertz CT molecular complexity index is 723. The van der Waals surface area contributed by atoms with Gasteiger partial charge in [-0.15, -0.1) is 5.10 Å². The minimum Gasteiger partial charge on any atom is -0.353 e. The largest absolute Gasteiger partial charge is 0.353 e. The van der Waals surface area contributed by atoms with Crippen LogP contribution in [0.1, 0.15) is 43.2 Å². The van der Waals surface area contributed by atoms with Crippen molar-refractivity contribution in [2.45, 2.75) is 46.0 Å². The highest BCUT2D eigenvalue weighted by atomic mass is 15.3. The van der Waals surface area contributed by atoms with Gasteiger partial charge in [-0.3, -0.25) is 0 Å². The molecule has 1 aliphatic rings. The Balaban J connectivity index is 1.59. The molecule has 0 amide bonds. The van der Waals surface area contributed by atoms with Crippen LogP contribution in [0.15, 0.2) is 36.0 Å². The van der Waals surface area contributed by atoms with E-state index in [1.807, 2.05) is 12.1 Å². The van der Waals surface area contributed by atoms with Gasteiger partial charge in [-0.25, -0.2) is 0 Å². The third-order valence-electron chi connectivity index (χ3n) is 4.54. The second kappa shape index (κ2) is 7.90. The Morgan fingerprint density at radius 3 is 2.92 bits per heavy atom. The molecule has 0 atom stereocenters. The number of aromatic nitrogens is 3. The lowest BCUT2D eigenvalue weighted by molar-refractivity contribution is 0.679. The molecule has 0 spiro atoms. The summed E-state index contributed by atoms with van der Waals surface area (Å²) in [5, 5.41) is 14.7. The Labute approximate surface area is 143 Å². The maximum atomic E-state index is 4.51. The second-order valence-electron chi connectivity index (χ2n) is 6.32. The first-order valence-electron chi connectivity index (χ1n) is 8.67. The van der Waals surface area contributed by atoms with Crippen LogP contribution in [0.2, 0.25) is 0 Å². The zero-order valence-electron chi connectivity index (χ0n) is 14.5. The minimum absolute atomic E-state index is 0.571. The molecule has 5 heteroatoms. The number of hydrogen-bond donors (Lipinski definition) is 2. The predicted octanol–water partition coefficient (Wildman–Crippen LogP) is 4.53. The Morgan fingerprint density at radius 1 is 1.17 bits per heavy atom. The monoisotopic (exact) mass is 323 g/mol. The third-order valence-corrected chi connectivity index (χ3v) is 4.54. The molecule has 1 heterocycles. The fraction of sp³-hybridized carbons (Fsp3) is 0.421. The summed E-state index contributed by atoms with van der Waals surface area (Å²) in [7, 11) is 0. The zero-order valence-corrected chi connectivity index (χ0v) is 14.5. The van der Waals surface area contributed by atoms with Gasteiger partial charge < -0.3 is 10.6 Å². The summed E-state index contributed by atoms with van der Waals surface area (Å²) in [6, 6.07) is 6.19. The van der Waals surface area contributed by atoms with E-state index in [1.165, 1.54) is 36.8 Å². The van der Waals surface area contributed by atoms with Crippen molar-refractivity contribution in [3.63, 3.8) is 0 Å². The van der Waals surface area contributed by atoms with Crippen molar-refractivity contribution in [3.05, 3.63) is 47.2 Å². The Hall–Kier alpha value is -2.43. The van der Waals surface area contributed by atoms with Crippen molar-refractivity contribution in [2.24, 2.45) is 0 Å². The van der Waals surface area contributed by atoms with E-state index in [1.54, 1.807) is 11.8 Å². The van der Waals surface area contributed by atoms with Crippen LogP contribution < -0.4 is 10.6 Å². The lowest BCUT2D eigenvalue weighted by atomic mass is 9.97. The molecule has 0 saturated carbocycles. The van der Waals surface area contributed by atoms with Gasteiger partial charge in [-0.1, -0.05) is 23.8 Å². The Morgan fingerprint density at radius 2 is 2.08 bits per heavy atom. The smallest absolute Gasteiger partial charge is 0.244 e. The first-order chi connectivity index (χ1) is 11.7. The third kappa shape index (κ3) is 4.31. The maximum absolute atomic E-state index is 4.51. The standard InChI is InChI=1S/C19H25N5/c1-14-7-6-10-17(15(14)2)22-18-13-21-24-19(23-18)20-12-11-16-8-4-3-5-9-16/h6-8,10,13H,3-5,9,11-12H2,1-2H3,(H2,20,22,23,24). The van der Waals surface area contributed by atoms with Gasteiger partial charge in [0.15, 0.2) is 5.82 Å². The summed E-state index contributed by atoms with van der Waals surface area (Å²) in [5.74, 6) is 1.28. The number of nitrogens with one attached hydrogen (secondary N) is 2. The second-order valence-corrected chi connectivity index (χ2v) is 6.32. The fourth-order valence-corrected chi connectivity index (χ4v) is 2.93. The quantitative estimate of drug-likeness (QED) is 0.764. The molecule has 3 rings (SSSR count). The summed E-state index contributed by atoms with van der Waals surface area (Å²) in [6.45, 7) is 5.05. The van der Waals surface area contributed by atoms with Crippen molar-refractivity contribution in [1.82, 2.24) is 15.2 Å². The van der Waals surface area contributed by atoms with E-state index in [0.717, 1.165) is 18.7 Å². The van der Waals surface area contributed by atoms with E-state index in [-0.39, 0.29) is 0 Å². The first-order valence-corrected chi connectivity index (χ1v) is 8.67. The average molecular weight is 323 g/mol. The average Bonchev–Trinajstić information content (AvgIpc) is 2.60. The van der Waals surface area contributed by atoms with Gasteiger partial charge in [0.25, 0.3) is 0 Å². The van der Waals surface area contributed by atoms with Crippen molar-refractivity contribution in [3.8, 4) is 0 Å². The summed E-state index contributed by atoms with van der Waals surface area (Å²) in [6.07, 6.45) is 10.2. The molecule has 1 aliphatic carbocycles. The summed E-state index contributed by atoms with van der Waals surface area (Å²) < 4.78 is 0. The first kappa shape index (κ1) is 16.4. The van der Waals surface area contributed by atoms with Gasteiger partial charge in [0.1, 0.15) is 0 Å². The summed E-state index contributed by atoms with van der Waals surface area (Å²) >= 11 is 0. The van der Waals surface area contributed by atoms with E-state index in [4.69, 9.17) is 0 Å². The van der Waals surface area contributed by atoms with Crippen molar-refractivity contribution in [2.75, 3.05) is 17.2 Å². The van der Waals surface area contributed by atoms with E-state index in [0.29, 0.717) is 11.8 Å². The van der Waals surface area contributed by atoms with Gasteiger partial charge in [0.2, 0.25) is 5.95 Å². The maximum Gasteiger partial charge on any atom is 0.244 e. The molecule has 0 saturated heterocycles. The molecule has 1 aromatic carbocycles. The topological polar surface area (TPSA) is 62.7 Å². The van der Waals surface area contributed by atoms with Crippen molar-refractivity contribution >= 4 is 17.5 Å². The lowest BCUT2D eigenvalue weighted by Gasteiger charge is -2.13. The highest BCUT2D eigenvalue weighted by molar-refractivity contribution is 5.61. The number of nitrogens with zero attached hydrogens (tertiary/aromatic N) is 3. The normalized spacial score (nSPS) is 14.2. The van der Waals surface area contributed by atoms with E-state index in [2.05, 4.69) is 51.8 Å². The van der Waals surface area contributed by atoms with Crippen LogP contribution in [0.4, 0.5) is 17.5 Å². The van der Waals surface area contributed by atoms with Crippen LogP contribution in [0.3, 0.4) is 0 Å². The number of rotatable bonds is 6. The number of allylic oxidation sites excluding steroid dienone is 1. The molecule has 0 bridgehead atoms. The van der Waals surface area contributed by atoms with Crippen LogP contribution in [0.25, 0.3) is 0 Å². The SMILES string of the molecule is Cc1cccc(Nc2cnnc(NCCC3=CCCCC3)n2)c1C. The highest BCUT2D eigenvalue weighted by Crippen LogP contribution is 2.22. The van der Waals surface area contributed by atoms with Crippen LogP contribution in [0, 0.1) is 13.8 Å². The number of aryl methyl sites for hydroxylation is 1. The molecule has 126 valence electrons. The number of hydrogen-bond acceptors (Lipinski definition) is 5. The molecule has 0 fully saturated rings. The molecular formula is C19H25N5. The molecule has 2 N–H and O–H groups in total. The van der Waals surface area contributed by atoms with Crippen molar-refractivity contribution in [1.29, 1.82) is 0 Å². The molecule has 2 aromatic rings. The van der Waals surface area contributed by atoms with Gasteiger partial charge in [0, 0.05) is 12.2 Å². The Kier molecular flexibility index (Phi) is 5.41. The molecule has 0 radical (unpaired) electrons. The van der Waals surface area contributed by atoms with E-state index >= 15 is 0 Å². The lowest BCUT2D eigenvalue weighted by Crippen LogP contribution is -2.09. The van der Waals surface area contributed by atoms with Crippen LogP contribution >= 0.6 is 0 Å². The number of anilines is 3.